The van der Waals surface area contributed by atoms with E-state index in [0.717, 1.165) is 30.6 Å². The molecule has 0 aliphatic carbocycles. The molecule has 2 aliphatic rings. The quantitative estimate of drug-likeness (QED) is 0.870. The summed E-state index contributed by atoms with van der Waals surface area (Å²) < 4.78 is 0. The maximum Gasteiger partial charge on any atom is 0.274 e. The van der Waals surface area contributed by atoms with Gasteiger partial charge in [-0.1, -0.05) is 6.42 Å². The van der Waals surface area contributed by atoms with Crippen molar-refractivity contribution in [2.75, 3.05) is 40.3 Å². The minimum atomic E-state index is -0.114. The molecule has 0 atom stereocenters. The van der Waals surface area contributed by atoms with E-state index in [1.165, 1.54) is 37.3 Å². The molecule has 0 saturated carbocycles. The largest absolute Gasteiger partial charge is 0.343 e. The van der Waals surface area contributed by atoms with Gasteiger partial charge in [0.25, 0.3) is 5.91 Å². The van der Waals surface area contributed by atoms with Crippen molar-refractivity contribution in [3.8, 4) is 0 Å². The maximum atomic E-state index is 12.6. The van der Waals surface area contributed by atoms with Crippen molar-refractivity contribution in [1.29, 1.82) is 0 Å². The summed E-state index contributed by atoms with van der Waals surface area (Å²) in [5.74, 6) is 0.0732. The molecule has 1 saturated heterocycles. The first-order chi connectivity index (χ1) is 12.1. The zero-order valence-electron chi connectivity index (χ0n) is 15.4. The van der Waals surface area contributed by atoms with Crippen LogP contribution in [0.1, 0.15) is 53.8 Å². The number of carbonyl (C=O) groups excluding carboxylic acids is 2. The number of aromatic amines is 1. The predicted octanol–water partition coefficient (Wildman–Crippen LogP) is 1.26. The van der Waals surface area contributed by atoms with Crippen LogP contribution in [0, 0.1) is 0 Å². The van der Waals surface area contributed by atoms with Crippen molar-refractivity contribution in [2.45, 2.75) is 45.1 Å². The van der Waals surface area contributed by atoms with E-state index < -0.39 is 0 Å². The van der Waals surface area contributed by atoms with Crippen LogP contribution >= 0.6 is 0 Å². The van der Waals surface area contributed by atoms with Crippen LogP contribution < -0.4 is 0 Å². The highest BCUT2D eigenvalue weighted by Gasteiger charge is 2.28. The maximum absolute atomic E-state index is 12.6. The second-order valence-electron chi connectivity index (χ2n) is 7.30. The first-order valence-corrected chi connectivity index (χ1v) is 9.34. The van der Waals surface area contributed by atoms with E-state index in [2.05, 4.69) is 15.1 Å². The number of aromatic nitrogens is 2. The molecule has 0 bridgehead atoms. The lowest BCUT2D eigenvalue weighted by atomic mass is 10.0. The Bertz CT molecular complexity index is 619. The summed E-state index contributed by atoms with van der Waals surface area (Å²) >= 11 is 0. The third-order valence-corrected chi connectivity index (χ3v) is 5.21. The van der Waals surface area contributed by atoms with E-state index in [4.69, 9.17) is 0 Å². The molecule has 2 aliphatic heterocycles. The molecule has 1 aromatic rings. The fourth-order valence-corrected chi connectivity index (χ4v) is 3.69. The van der Waals surface area contributed by atoms with Crippen LogP contribution in [0.5, 0.6) is 0 Å². The second kappa shape index (κ2) is 7.99. The molecule has 0 spiro atoms. The van der Waals surface area contributed by atoms with Gasteiger partial charge in [0.1, 0.15) is 0 Å². The molecule has 7 heteroatoms. The Morgan fingerprint density at radius 1 is 1.16 bits per heavy atom. The fourth-order valence-electron chi connectivity index (χ4n) is 3.69. The second-order valence-corrected chi connectivity index (χ2v) is 7.30. The molecule has 3 rings (SSSR count). The number of likely N-dealkylation sites (tertiary alicyclic amines) is 1. The molecule has 2 amide bonds. The van der Waals surface area contributed by atoms with Crippen molar-refractivity contribution in [1.82, 2.24) is 24.9 Å². The molecule has 1 fully saturated rings. The Hall–Kier alpha value is -1.89. The molecular formula is C18H29N5O2. The van der Waals surface area contributed by atoms with Gasteiger partial charge >= 0.3 is 0 Å². The summed E-state index contributed by atoms with van der Waals surface area (Å²) in [5, 5.41) is 7.14. The number of nitrogens with one attached hydrogen (secondary N) is 1. The van der Waals surface area contributed by atoms with E-state index in [-0.39, 0.29) is 11.8 Å². The first kappa shape index (κ1) is 17.9. The number of fused-ring (bicyclic) bond motifs is 1. The summed E-state index contributed by atoms with van der Waals surface area (Å²) in [4.78, 5) is 30.7. The highest BCUT2D eigenvalue weighted by Crippen LogP contribution is 2.22. The summed E-state index contributed by atoms with van der Waals surface area (Å²) in [6, 6.07) is 0. The van der Waals surface area contributed by atoms with Gasteiger partial charge in [-0.15, -0.1) is 0 Å². The van der Waals surface area contributed by atoms with Gasteiger partial charge in [-0.3, -0.25) is 14.7 Å². The van der Waals surface area contributed by atoms with Gasteiger partial charge in [-0.05, 0) is 38.9 Å². The summed E-state index contributed by atoms with van der Waals surface area (Å²) in [7, 11) is 3.44. The Labute approximate surface area is 149 Å². The highest BCUT2D eigenvalue weighted by atomic mass is 16.2. The minimum Gasteiger partial charge on any atom is -0.343 e. The van der Waals surface area contributed by atoms with Crippen molar-refractivity contribution in [3.63, 3.8) is 0 Å². The molecule has 0 aromatic carbocycles. The smallest absolute Gasteiger partial charge is 0.274 e. The lowest BCUT2D eigenvalue weighted by Crippen LogP contribution is -2.37. The number of hydrogen-bond acceptors (Lipinski definition) is 4. The molecule has 138 valence electrons. The van der Waals surface area contributed by atoms with Crippen molar-refractivity contribution in [2.24, 2.45) is 0 Å². The summed E-state index contributed by atoms with van der Waals surface area (Å²) in [6.45, 7) is 4.55. The van der Waals surface area contributed by atoms with E-state index in [0.29, 0.717) is 25.2 Å². The van der Waals surface area contributed by atoms with Crippen molar-refractivity contribution in [3.05, 3.63) is 17.0 Å². The molecule has 3 heterocycles. The van der Waals surface area contributed by atoms with Gasteiger partial charge in [0.15, 0.2) is 5.69 Å². The topological polar surface area (TPSA) is 72.5 Å². The molecule has 0 radical (unpaired) electrons. The molecule has 1 N–H and O–H groups in total. The van der Waals surface area contributed by atoms with Gasteiger partial charge in [0.05, 0.1) is 0 Å². The minimum absolute atomic E-state index is 0.114. The number of amides is 2. The summed E-state index contributed by atoms with van der Waals surface area (Å²) in [5.41, 5.74) is 2.32. The van der Waals surface area contributed by atoms with Crippen LogP contribution in [0.2, 0.25) is 0 Å². The number of rotatable bonds is 5. The Morgan fingerprint density at radius 3 is 2.64 bits per heavy atom. The van der Waals surface area contributed by atoms with Crippen LogP contribution in [0.25, 0.3) is 0 Å². The number of H-pyrrole nitrogens is 1. The van der Waals surface area contributed by atoms with E-state index in [1.54, 1.807) is 14.1 Å². The normalized spacial score (nSPS) is 18.1. The van der Waals surface area contributed by atoms with Crippen LogP contribution in [0.15, 0.2) is 0 Å². The molecular weight excluding hydrogens is 318 g/mol. The van der Waals surface area contributed by atoms with Gasteiger partial charge in [-0.2, -0.15) is 5.10 Å². The average molecular weight is 347 g/mol. The van der Waals surface area contributed by atoms with Crippen LogP contribution in [-0.2, 0) is 17.8 Å². The third kappa shape index (κ3) is 4.21. The summed E-state index contributed by atoms with van der Waals surface area (Å²) in [6.07, 6.45) is 6.14. The average Bonchev–Trinajstić information content (AvgIpc) is 3.04. The molecule has 7 nitrogen and oxygen atoms in total. The zero-order valence-corrected chi connectivity index (χ0v) is 15.4. The van der Waals surface area contributed by atoms with Crippen LogP contribution in [-0.4, -0.2) is 77.0 Å². The van der Waals surface area contributed by atoms with Crippen LogP contribution in [0.4, 0.5) is 0 Å². The Balaban J connectivity index is 1.53. The van der Waals surface area contributed by atoms with E-state index >= 15 is 0 Å². The SMILES string of the molecule is CN(C)C(=O)c1n[nH]c2c1CN(C(=O)CCCN1CCCCC1)CC2. The van der Waals surface area contributed by atoms with Gasteiger partial charge in [0, 0.05) is 51.3 Å². The molecule has 0 unspecified atom stereocenters. The zero-order chi connectivity index (χ0) is 17.8. The monoisotopic (exact) mass is 347 g/mol. The number of nitrogens with zero attached hydrogens (tertiary/aromatic N) is 4. The number of piperidine rings is 1. The third-order valence-electron chi connectivity index (χ3n) is 5.21. The molecule has 1 aromatic heterocycles. The predicted molar refractivity (Wildman–Crippen MR) is 95.3 cm³/mol. The lowest BCUT2D eigenvalue weighted by molar-refractivity contribution is -0.132. The van der Waals surface area contributed by atoms with Gasteiger partial charge in [0.2, 0.25) is 5.91 Å². The highest BCUT2D eigenvalue weighted by molar-refractivity contribution is 5.93. The number of carbonyl (C=O) groups is 2. The fraction of sp³-hybridized carbons (Fsp3) is 0.722. The Morgan fingerprint density at radius 2 is 1.92 bits per heavy atom. The van der Waals surface area contributed by atoms with Gasteiger partial charge < -0.3 is 14.7 Å². The van der Waals surface area contributed by atoms with Gasteiger partial charge in [-0.25, -0.2) is 0 Å². The van der Waals surface area contributed by atoms with E-state index in [1.807, 2.05) is 4.90 Å². The van der Waals surface area contributed by atoms with Crippen molar-refractivity contribution >= 4 is 11.8 Å². The Kier molecular flexibility index (Phi) is 5.73. The first-order valence-electron chi connectivity index (χ1n) is 9.34. The van der Waals surface area contributed by atoms with Crippen molar-refractivity contribution < 1.29 is 9.59 Å². The standard InChI is InChI=1S/C18H29N5O2/c1-21(2)18(25)17-14-13-23(12-8-15(14)19-20-17)16(24)7-6-11-22-9-4-3-5-10-22/h3-13H2,1-2H3,(H,19,20). The van der Waals surface area contributed by atoms with E-state index in [9.17, 15) is 9.59 Å². The lowest BCUT2D eigenvalue weighted by Gasteiger charge is -2.29. The van der Waals surface area contributed by atoms with Crippen LogP contribution in [0.3, 0.4) is 0 Å². The number of hydrogen-bond donors (Lipinski definition) is 1. The molecule has 25 heavy (non-hydrogen) atoms.